The van der Waals surface area contributed by atoms with E-state index in [-0.39, 0.29) is 12.0 Å². The normalized spacial score (nSPS) is 20.3. The van der Waals surface area contributed by atoms with Gasteiger partial charge in [-0.3, -0.25) is 4.68 Å². The van der Waals surface area contributed by atoms with Crippen LogP contribution in [0.4, 0.5) is 23.7 Å². The van der Waals surface area contributed by atoms with Gasteiger partial charge in [-0.2, -0.15) is 23.3 Å². The van der Waals surface area contributed by atoms with Crippen LogP contribution in [-0.4, -0.2) is 43.6 Å². The van der Waals surface area contributed by atoms with Crippen LogP contribution < -0.4 is 5.32 Å². The molecule has 8 nitrogen and oxygen atoms in total. The molecule has 1 saturated carbocycles. The summed E-state index contributed by atoms with van der Waals surface area (Å²) in [7, 11) is 0. The average Bonchev–Trinajstić information content (AvgIpc) is 2.97. The summed E-state index contributed by atoms with van der Waals surface area (Å²) in [6.07, 6.45) is 0.0736. The van der Waals surface area contributed by atoms with E-state index in [1.54, 1.807) is 11.8 Å². The maximum atomic E-state index is 12.8. The zero-order valence-corrected chi connectivity index (χ0v) is 14.7. The quantitative estimate of drug-likeness (QED) is 0.873. The lowest BCUT2D eigenvalue weighted by Gasteiger charge is -2.22. The van der Waals surface area contributed by atoms with Crippen LogP contribution in [0.5, 0.6) is 0 Å². The maximum absolute atomic E-state index is 12.8. The summed E-state index contributed by atoms with van der Waals surface area (Å²) in [5.74, 6) is 0.958. The van der Waals surface area contributed by atoms with Crippen molar-refractivity contribution in [2.45, 2.75) is 57.3 Å². The van der Waals surface area contributed by atoms with Gasteiger partial charge in [-0.25, -0.2) is 4.79 Å². The van der Waals surface area contributed by atoms with Crippen LogP contribution in [0.2, 0.25) is 0 Å². The number of likely N-dealkylation sites (tertiary alicyclic amines) is 1. The van der Waals surface area contributed by atoms with Crippen molar-refractivity contribution in [3.8, 4) is 0 Å². The average molecular weight is 384 g/mol. The van der Waals surface area contributed by atoms with Crippen LogP contribution in [-0.2, 0) is 6.54 Å². The first kappa shape index (κ1) is 17.8. The van der Waals surface area contributed by atoms with Gasteiger partial charge in [-0.1, -0.05) is 5.16 Å². The predicted molar refractivity (Wildman–Crippen MR) is 87.0 cm³/mol. The Bertz CT molecular complexity index is 842. The molecule has 0 radical (unpaired) electrons. The van der Waals surface area contributed by atoms with Crippen molar-refractivity contribution in [3.63, 3.8) is 0 Å². The maximum Gasteiger partial charge on any atom is 0.408 e. The minimum atomic E-state index is -4.37. The van der Waals surface area contributed by atoms with Crippen LogP contribution in [0, 0.1) is 6.92 Å². The molecule has 1 unspecified atom stereocenters. The van der Waals surface area contributed by atoms with Gasteiger partial charge in [-0.05, 0) is 32.6 Å². The molecule has 11 heteroatoms. The summed E-state index contributed by atoms with van der Waals surface area (Å²) < 4.78 is 44.0. The number of alkyl halides is 3. The number of urea groups is 1. The summed E-state index contributed by atoms with van der Waals surface area (Å²) in [6, 6.07) is -0.734. The number of rotatable bonds is 4. The first-order valence-electron chi connectivity index (χ1n) is 8.82. The number of amides is 2. The number of hydrogen-bond acceptors (Lipinski definition) is 5. The topological polar surface area (TPSA) is 89.1 Å². The van der Waals surface area contributed by atoms with Gasteiger partial charge in [0.2, 0.25) is 5.89 Å². The largest absolute Gasteiger partial charge is 0.408 e. The molecule has 2 aromatic rings. The zero-order valence-electron chi connectivity index (χ0n) is 14.7. The van der Waals surface area contributed by atoms with Crippen LogP contribution in [0.15, 0.2) is 10.7 Å². The van der Waals surface area contributed by atoms with Crippen molar-refractivity contribution in [1.29, 1.82) is 0 Å². The molecule has 27 heavy (non-hydrogen) atoms. The molecule has 1 aliphatic carbocycles. The van der Waals surface area contributed by atoms with Gasteiger partial charge in [-0.15, -0.1) is 0 Å². The van der Waals surface area contributed by atoms with E-state index in [0.717, 1.165) is 23.9 Å². The summed E-state index contributed by atoms with van der Waals surface area (Å²) in [4.78, 5) is 18.5. The highest BCUT2D eigenvalue weighted by Crippen LogP contribution is 2.43. The SMILES string of the molecule is Cc1noc(C2CCCN2C(=O)Nc2cn(CC(F)(F)F)nc2C2CC2)n1. The van der Waals surface area contributed by atoms with E-state index < -0.39 is 18.8 Å². The van der Waals surface area contributed by atoms with Crippen LogP contribution in [0.25, 0.3) is 0 Å². The Morgan fingerprint density at radius 3 is 2.78 bits per heavy atom. The van der Waals surface area contributed by atoms with Gasteiger partial charge in [0.25, 0.3) is 0 Å². The Morgan fingerprint density at radius 1 is 1.37 bits per heavy atom. The van der Waals surface area contributed by atoms with E-state index in [1.165, 1.54) is 6.20 Å². The van der Waals surface area contributed by atoms with Gasteiger partial charge in [0, 0.05) is 18.7 Å². The van der Waals surface area contributed by atoms with Crippen molar-refractivity contribution in [3.05, 3.63) is 23.6 Å². The number of aromatic nitrogens is 4. The summed E-state index contributed by atoms with van der Waals surface area (Å²) >= 11 is 0. The van der Waals surface area contributed by atoms with Crippen molar-refractivity contribution in [2.75, 3.05) is 11.9 Å². The molecule has 3 heterocycles. The highest BCUT2D eigenvalue weighted by atomic mass is 19.4. The fraction of sp³-hybridized carbons (Fsp3) is 0.625. The fourth-order valence-corrected chi connectivity index (χ4v) is 3.36. The van der Waals surface area contributed by atoms with Crippen LogP contribution in [0.3, 0.4) is 0 Å². The second kappa shape index (κ2) is 6.54. The molecular weight excluding hydrogens is 365 g/mol. The Labute approximate surface area is 152 Å². The Balaban J connectivity index is 1.52. The number of carbonyl (C=O) groups excluding carboxylic acids is 1. The smallest absolute Gasteiger partial charge is 0.337 e. The molecule has 1 aliphatic heterocycles. The second-order valence-electron chi connectivity index (χ2n) is 6.98. The van der Waals surface area contributed by atoms with E-state index in [2.05, 4.69) is 20.6 Å². The molecule has 2 amide bonds. The van der Waals surface area contributed by atoms with E-state index in [0.29, 0.717) is 36.1 Å². The lowest BCUT2D eigenvalue weighted by Crippen LogP contribution is -2.34. The molecule has 1 saturated heterocycles. The summed E-state index contributed by atoms with van der Waals surface area (Å²) in [5.41, 5.74) is 0.844. The Hall–Kier alpha value is -2.59. The van der Waals surface area contributed by atoms with Gasteiger partial charge in [0.1, 0.15) is 12.6 Å². The number of anilines is 1. The molecule has 0 spiro atoms. The summed E-state index contributed by atoms with van der Waals surface area (Å²) in [6.45, 7) is 1.02. The molecule has 1 atom stereocenters. The number of hydrogen-bond donors (Lipinski definition) is 1. The molecule has 2 aliphatic rings. The third-order valence-corrected chi connectivity index (χ3v) is 4.68. The monoisotopic (exact) mass is 384 g/mol. The Morgan fingerprint density at radius 2 is 2.15 bits per heavy atom. The molecule has 2 fully saturated rings. The van der Waals surface area contributed by atoms with Gasteiger partial charge in [0.05, 0.1) is 11.4 Å². The third kappa shape index (κ3) is 3.91. The molecule has 2 aromatic heterocycles. The van der Waals surface area contributed by atoms with Gasteiger partial charge >= 0.3 is 12.2 Å². The lowest BCUT2D eigenvalue weighted by molar-refractivity contribution is -0.142. The van der Waals surface area contributed by atoms with Gasteiger partial charge in [0.15, 0.2) is 5.82 Å². The van der Waals surface area contributed by atoms with Crippen molar-refractivity contribution < 1.29 is 22.5 Å². The molecule has 4 rings (SSSR count). The lowest BCUT2D eigenvalue weighted by atomic mass is 10.2. The van der Waals surface area contributed by atoms with E-state index in [9.17, 15) is 18.0 Å². The van der Waals surface area contributed by atoms with E-state index in [1.807, 2.05) is 0 Å². The number of halogens is 3. The van der Waals surface area contributed by atoms with Crippen LogP contribution >= 0.6 is 0 Å². The minimum Gasteiger partial charge on any atom is -0.337 e. The standard InChI is InChI=1S/C16H19F3N6O2/c1-9-20-14(27-23-9)12-3-2-6-25(12)15(26)21-11-7-24(8-16(17,18)19)22-13(11)10-4-5-10/h7,10,12H,2-6,8H2,1H3,(H,21,26). The van der Waals surface area contributed by atoms with Crippen molar-refractivity contribution in [1.82, 2.24) is 24.8 Å². The second-order valence-corrected chi connectivity index (χ2v) is 6.98. The van der Waals surface area contributed by atoms with E-state index in [4.69, 9.17) is 4.52 Å². The number of carbonyl (C=O) groups is 1. The highest BCUT2D eigenvalue weighted by Gasteiger charge is 2.36. The molecule has 1 N–H and O–H groups in total. The minimum absolute atomic E-state index is 0.0998. The van der Waals surface area contributed by atoms with Crippen LogP contribution in [0.1, 0.15) is 55.1 Å². The predicted octanol–water partition coefficient (Wildman–Crippen LogP) is 3.38. The number of nitrogens with one attached hydrogen (secondary N) is 1. The van der Waals surface area contributed by atoms with E-state index >= 15 is 0 Å². The number of aryl methyl sites for hydroxylation is 1. The first-order chi connectivity index (χ1) is 12.8. The van der Waals surface area contributed by atoms with Crippen molar-refractivity contribution >= 4 is 11.7 Å². The fourth-order valence-electron chi connectivity index (χ4n) is 3.36. The zero-order chi connectivity index (χ0) is 19.2. The first-order valence-corrected chi connectivity index (χ1v) is 8.82. The highest BCUT2D eigenvalue weighted by molar-refractivity contribution is 5.90. The van der Waals surface area contributed by atoms with Crippen molar-refractivity contribution in [2.24, 2.45) is 0 Å². The number of nitrogens with zero attached hydrogens (tertiary/aromatic N) is 5. The Kier molecular flexibility index (Phi) is 4.31. The molecule has 0 bridgehead atoms. The molecule has 146 valence electrons. The molecule has 0 aromatic carbocycles. The third-order valence-electron chi connectivity index (χ3n) is 4.68. The molecular formula is C16H19F3N6O2. The van der Waals surface area contributed by atoms with Gasteiger partial charge < -0.3 is 14.7 Å². The summed E-state index contributed by atoms with van der Waals surface area (Å²) in [5, 5.41) is 10.5.